The lowest BCUT2D eigenvalue weighted by Crippen LogP contribution is -2.14. The van der Waals surface area contributed by atoms with Gasteiger partial charge in [-0.2, -0.15) is 0 Å². The molecule has 0 saturated heterocycles. The van der Waals surface area contributed by atoms with Crippen molar-refractivity contribution in [1.82, 2.24) is 5.16 Å². The van der Waals surface area contributed by atoms with Crippen LogP contribution in [-0.2, 0) is 10.0 Å². The fraction of sp³-hybridized carbons (Fsp3) is 0.158. The van der Waals surface area contributed by atoms with Gasteiger partial charge in [-0.25, -0.2) is 8.42 Å². The van der Waals surface area contributed by atoms with Gasteiger partial charge in [-0.3, -0.25) is 9.52 Å². The lowest BCUT2D eigenvalue weighted by Gasteiger charge is -2.11. The lowest BCUT2D eigenvalue weighted by atomic mass is 10.1. The fourth-order valence-corrected chi connectivity index (χ4v) is 3.89. The first-order chi connectivity index (χ1) is 12.3. The molecule has 6 nitrogen and oxygen atoms in total. The zero-order valence-corrected chi connectivity index (χ0v) is 15.4. The van der Waals surface area contributed by atoms with E-state index in [0.717, 1.165) is 11.3 Å². The van der Waals surface area contributed by atoms with Crippen molar-refractivity contribution in [1.29, 1.82) is 0 Å². The Balaban J connectivity index is 1.92. The molecule has 0 aliphatic heterocycles. The maximum absolute atomic E-state index is 12.7. The summed E-state index contributed by atoms with van der Waals surface area (Å²) in [5, 5.41) is 3.84. The van der Waals surface area contributed by atoms with E-state index < -0.39 is 10.0 Å². The third-order valence-corrected chi connectivity index (χ3v) is 5.44. The summed E-state index contributed by atoms with van der Waals surface area (Å²) in [5.41, 5.74) is 2.86. The van der Waals surface area contributed by atoms with Gasteiger partial charge in [0.15, 0.2) is 11.5 Å². The highest BCUT2D eigenvalue weighted by Gasteiger charge is 2.18. The third-order valence-electron chi connectivity index (χ3n) is 3.90. The molecule has 1 heterocycles. The molecule has 7 heteroatoms. The van der Waals surface area contributed by atoms with Crippen LogP contribution in [0.15, 0.2) is 57.9 Å². The molecule has 0 fully saturated rings. The lowest BCUT2D eigenvalue weighted by molar-refractivity contribution is 0.101. The largest absolute Gasteiger partial charge is 0.356 e. The fourth-order valence-electron chi connectivity index (χ4n) is 2.62. The molecule has 0 saturated carbocycles. The molecule has 0 atom stereocenters. The highest BCUT2D eigenvalue weighted by Crippen LogP contribution is 2.26. The normalized spacial score (nSPS) is 11.3. The number of hydrogen-bond donors (Lipinski definition) is 1. The maximum atomic E-state index is 12.7. The van der Waals surface area contributed by atoms with Gasteiger partial charge in [0, 0.05) is 22.9 Å². The number of sulfonamides is 1. The second-order valence-electron chi connectivity index (χ2n) is 6.06. The summed E-state index contributed by atoms with van der Waals surface area (Å²) < 4.78 is 33.2. The van der Waals surface area contributed by atoms with Crippen LogP contribution in [-0.4, -0.2) is 19.4 Å². The van der Waals surface area contributed by atoms with Crippen LogP contribution in [0.5, 0.6) is 0 Å². The van der Waals surface area contributed by atoms with Crippen molar-refractivity contribution >= 4 is 21.5 Å². The SMILES string of the molecule is CC(=O)c1cccc(NS(=O)(=O)c2ccc(-c3cc(C)no3)cc2C)c1. The Hall–Kier alpha value is -2.93. The molecule has 0 radical (unpaired) electrons. The van der Waals surface area contributed by atoms with Gasteiger partial charge in [-0.15, -0.1) is 0 Å². The van der Waals surface area contributed by atoms with Crippen molar-refractivity contribution in [2.45, 2.75) is 25.7 Å². The van der Waals surface area contributed by atoms with Crippen LogP contribution in [0.3, 0.4) is 0 Å². The Morgan fingerprint density at radius 2 is 1.85 bits per heavy atom. The summed E-state index contributed by atoms with van der Waals surface area (Å²) in [5.74, 6) is 0.450. The van der Waals surface area contributed by atoms with Crippen LogP contribution in [0, 0.1) is 13.8 Å². The molecule has 0 bridgehead atoms. The van der Waals surface area contributed by atoms with E-state index in [9.17, 15) is 13.2 Å². The minimum atomic E-state index is -3.79. The van der Waals surface area contributed by atoms with E-state index in [0.29, 0.717) is 22.6 Å². The van der Waals surface area contributed by atoms with Crippen LogP contribution < -0.4 is 4.72 Å². The highest BCUT2D eigenvalue weighted by atomic mass is 32.2. The number of anilines is 1. The monoisotopic (exact) mass is 370 g/mol. The number of rotatable bonds is 5. The van der Waals surface area contributed by atoms with Gasteiger partial charge < -0.3 is 4.52 Å². The molecule has 0 aliphatic carbocycles. The van der Waals surface area contributed by atoms with Gasteiger partial charge in [0.25, 0.3) is 10.0 Å². The first-order valence-corrected chi connectivity index (χ1v) is 9.43. The zero-order valence-electron chi connectivity index (χ0n) is 14.6. The van der Waals surface area contributed by atoms with E-state index in [1.165, 1.54) is 19.1 Å². The smallest absolute Gasteiger partial charge is 0.262 e. The van der Waals surface area contributed by atoms with Crippen molar-refractivity contribution in [2.75, 3.05) is 4.72 Å². The zero-order chi connectivity index (χ0) is 18.9. The van der Waals surface area contributed by atoms with Crippen molar-refractivity contribution in [3.63, 3.8) is 0 Å². The summed E-state index contributed by atoms with van der Waals surface area (Å²) >= 11 is 0. The number of ketones is 1. The third kappa shape index (κ3) is 3.67. The number of Topliss-reactive ketones (excluding diaryl/α,β-unsaturated/α-hetero) is 1. The molecular weight excluding hydrogens is 352 g/mol. The Bertz CT molecular complexity index is 1080. The number of nitrogens with one attached hydrogen (secondary N) is 1. The molecule has 0 amide bonds. The van der Waals surface area contributed by atoms with E-state index >= 15 is 0 Å². The molecule has 3 aromatic rings. The molecule has 0 unspecified atom stereocenters. The number of hydrogen-bond acceptors (Lipinski definition) is 5. The van der Waals surface area contributed by atoms with E-state index in [1.807, 2.05) is 6.92 Å². The van der Waals surface area contributed by atoms with Gasteiger partial charge >= 0.3 is 0 Å². The summed E-state index contributed by atoms with van der Waals surface area (Å²) in [7, 11) is -3.79. The molecule has 1 aromatic heterocycles. The quantitative estimate of drug-likeness (QED) is 0.687. The van der Waals surface area contributed by atoms with E-state index in [2.05, 4.69) is 9.88 Å². The summed E-state index contributed by atoms with van der Waals surface area (Å²) in [6, 6.07) is 13.1. The average molecular weight is 370 g/mol. The minimum absolute atomic E-state index is 0.131. The number of aromatic nitrogens is 1. The Morgan fingerprint density at radius 3 is 2.46 bits per heavy atom. The summed E-state index contributed by atoms with van der Waals surface area (Å²) in [6.07, 6.45) is 0. The number of carbonyl (C=O) groups excluding carboxylic acids is 1. The maximum Gasteiger partial charge on any atom is 0.262 e. The predicted octanol–water partition coefficient (Wildman–Crippen LogP) is 3.96. The van der Waals surface area contributed by atoms with E-state index in [-0.39, 0.29) is 10.7 Å². The molecule has 3 rings (SSSR count). The standard InChI is InChI=1S/C19H18N2O4S/c1-12-9-16(18-10-13(2)20-25-18)7-8-19(12)26(23,24)21-17-6-4-5-15(11-17)14(3)22/h4-11,21H,1-3H3. The van der Waals surface area contributed by atoms with Crippen LogP contribution >= 0.6 is 0 Å². The van der Waals surface area contributed by atoms with Crippen molar-refractivity contribution in [3.05, 3.63) is 65.4 Å². The van der Waals surface area contributed by atoms with Crippen LogP contribution in [0.2, 0.25) is 0 Å². The predicted molar refractivity (Wildman–Crippen MR) is 98.7 cm³/mol. The molecule has 0 aliphatic rings. The number of carbonyl (C=O) groups is 1. The Kier molecular flexibility index (Phi) is 4.65. The molecule has 1 N–H and O–H groups in total. The van der Waals surface area contributed by atoms with E-state index in [4.69, 9.17) is 4.52 Å². The van der Waals surface area contributed by atoms with Crippen LogP contribution in [0.25, 0.3) is 11.3 Å². The Morgan fingerprint density at radius 1 is 1.08 bits per heavy atom. The number of nitrogens with zero attached hydrogens (tertiary/aromatic N) is 1. The number of aryl methyl sites for hydroxylation is 2. The second kappa shape index (κ2) is 6.76. The van der Waals surface area contributed by atoms with Gasteiger partial charge in [-0.05, 0) is 56.7 Å². The molecule has 0 spiro atoms. The topological polar surface area (TPSA) is 89.3 Å². The average Bonchev–Trinajstić information content (AvgIpc) is 3.01. The van der Waals surface area contributed by atoms with Gasteiger partial charge in [0.2, 0.25) is 0 Å². The summed E-state index contributed by atoms with van der Waals surface area (Å²) in [6.45, 7) is 4.97. The van der Waals surface area contributed by atoms with Crippen molar-refractivity contribution in [2.24, 2.45) is 0 Å². The van der Waals surface area contributed by atoms with Gasteiger partial charge in [0.05, 0.1) is 10.6 Å². The molecule has 134 valence electrons. The van der Waals surface area contributed by atoms with Crippen LogP contribution in [0.4, 0.5) is 5.69 Å². The molecular formula is C19H18N2O4S. The first-order valence-electron chi connectivity index (χ1n) is 7.94. The highest BCUT2D eigenvalue weighted by molar-refractivity contribution is 7.92. The minimum Gasteiger partial charge on any atom is -0.356 e. The van der Waals surface area contributed by atoms with Crippen molar-refractivity contribution < 1.29 is 17.7 Å². The first kappa shape index (κ1) is 17.9. The molecule has 2 aromatic carbocycles. The van der Waals surface area contributed by atoms with Crippen LogP contribution in [0.1, 0.15) is 28.5 Å². The molecule has 26 heavy (non-hydrogen) atoms. The van der Waals surface area contributed by atoms with Crippen molar-refractivity contribution in [3.8, 4) is 11.3 Å². The Labute approximate surface area is 151 Å². The second-order valence-corrected chi connectivity index (χ2v) is 7.71. The number of benzene rings is 2. The van der Waals surface area contributed by atoms with Gasteiger partial charge in [0.1, 0.15) is 0 Å². The summed E-state index contributed by atoms with van der Waals surface area (Å²) in [4.78, 5) is 11.6. The van der Waals surface area contributed by atoms with Gasteiger partial charge in [-0.1, -0.05) is 17.3 Å². The van der Waals surface area contributed by atoms with E-state index in [1.54, 1.807) is 43.3 Å².